The SMILES string of the molecule is C[Si](C)(C)c1c2c(c3ccccc3c1[Si](C)(C)C)C(=O)[NH][Ti][NH]C2=O. The first-order valence-electron chi connectivity index (χ1n) is 8.49. The van der Waals surface area contributed by atoms with Gasteiger partial charge in [0.25, 0.3) is 0 Å². The molecule has 4 nitrogen and oxygen atoms in total. The molecule has 25 heavy (non-hydrogen) atoms. The summed E-state index contributed by atoms with van der Waals surface area (Å²) in [6.07, 6.45) is 0. The summed E-state index contributed by atoms with van der Waals surface area (Å²) in [6.45, 7) is 13.8. The van der Waals surface area contributed by atoms with Crippen molar-refractivity contribution in [2.24, 2.45) is 0 Å². The molecule has 2 aromatic rings. The number of benzene rings is 2. The summed E-state index contributed by atoms with van der Waals surface area (Å²) in [5, 5.41) is 4.60. The number of fused-ring (bicyclic) bond motifs is 3. The van der Waals surface area contributed by atoms with E-state index in [1.165, 1.54) is 10.4 Å². The summed E-state index contributed by atoms with van der Waals surface area (Å²) in [7, 11) is -3.62. The fraction of sp³-hybridized carbons (Fsp3) is 0.333. The van der Waals surface area contributed by atoms with Gasteiger partial charge in [0, 0.05) is 0 Å². The minimum absolute atomic E-state index is 0.0731. The summed E-state index contributed by atoms with van der Waals surface area (Å²) in [5.74, 6) is -0.179. The van der Waals surface area contributed by atoms with Crippen molar-refractivity contribution in [1.29, 1.82) is 0 Å². The Morgan fingerprint density at radius 3 is 1.72 bits per heavy atom. The molecule has 2 amide bonds. The third-order valence-electron chi connectivity index (χ3n) is 4.52. The maximum absolute atomic E-state index is 13.0. The van der Waals surface area contributed by atoms with Crippen LogP contribution in [0.15, 0.2) is 24.3 Å². The first-order valence-corrected chi connectivity index (χ1v) is 17.0. The Hall–Kier alpha value is -1.21. The van der Waals surface area contributed by atoms with Crippen molar-refractivity contribution in [2.45, 2.75) is 39.3 Å². The van der Waals surface area contributed by atoms with Crippen LogP contribution in [0.4, 0.5) is 0 Å². The Kier molecular flexibility index (Phi) is 4.60. The first kappa shape index (κ1) is 18.6. The molecule has 0 saturated carbocycles. The van der Waals surface area contributed by atoms with E-state index in [0.717, 1.165) is 10.8 Å². The molecule has 0 aromatic heterocycles. The van der Waals surface area contributed by atoms with Crippen LogP contribution in [0, 0.1) is 0 Å². The van der Waals surface area contributed by atoms with Crippen molar-refractivity contribution in [3.8, 4) is 0 Å². The van der Waals surface area contributed by atoms with Crippen molar-refractivity contribution in [1.82, 2.24) is 7.60 Å². The van der Waals surface area contributed by atoms with E-state index in [-0.39, 0.29) is 11.8 Å². The number of amides is 2. The van der Waals surface area contributed by atoms with E-state index in [1.807, 2.05) is 18.2 Å². The van der Waals surface area contributed by atoms with Crippen LogP contribution in [-0.4, -0.2) is 28.0 Å². The molecule has 0 atom stereocenters. The zero-order chi connectivity index (χ0) is 18.6. The van der Waals surface area contributed by atoms with Gasteiger partial charge in [0.05, 0.1) is 0 Å². The number of rotatable bonds is 2. The average Bonchev–Trinajstić information content (AvgIpc) is 2.63. The molecule has 0 fully saturated rings. The summed E-state index contributed by atoms with van der Waals surface area (Å²) in [5.41, 5.74) is 1.22. The number of hydrogen-bond donors (Lipinski definition) is 2. The molecule has 0 aliphatic carbocycles. The summed E-state index contributed by atoms with van der Waals surface area (Å²) < 4.78 is 5.92. The summed E-state index contributed by atoms with van der Waals surface area (Å²) in [6, 6.07) is 8.11. The fourth-order valence-electron chi connectivity index (χ4n) is 3.70. The zero-order valence-corrected chi connectivity index (χ0v) is 19.2. The zero-order valence-electron chi connectivity index (χ0n) is 15.6. The van der Waals surface area contributed by atoms with Gasteiger partial charge in [-0.2, -0.15) is 0 Å². The molecule has 1 aliphatic rings. The second-order valence-corrected chi connectivity index (χ2v) is 19.7. The van der Waals surface area contributed by atoms with E-state index >= 15 is 0 Å². The van der Waals surface area contributed by atoms with Crippen LogP contribution >= 0.6 is 0 Å². The van der Waals surface area contributed by atoms with Crippen molar-refractivity contribution >= 4 is 49.1 Å². The first-order chi connectivity index (χ1) is 11.5. The van der Waals surface area contributed by atoms with Crippen LogP contribution in [0.1, 0.15) is 20.7 Å². The topological polar surface area (TPSA) is 58.2 Å². The molecule has 0 bridgehead atoms. The van der Waals surface area contributed by atoms with E-state index in [2.05, 4.69) is 52.9 Å². The van der Waals surface area contributed by atoms with Crippen molar-refractivity contribution in [2.75, 3.05) is 0 Å². The average molecular weight is 404 g/mol. The van der Waals surface area contributed by atoms with Crippen molar-refractivity contribution in [3.63, 3.8) is 0 Å². The van der Waals surface area contributed by atoms with Crippen molar-refractivity contribution < 1.29 is 29.3 Å². The molecule has 2 N–H and O–H groups in total. The Balaban J connectivity index is 2.65. The van der Waals surface area contributed by atoms with Gasteiger partial charge in [0.1, 0.15) is 0 Å². The van der Waals surface area contributed by atoms with E-state index in [4.69, 9.17) is 0 Å². The van der Waals surface area contributed by atoms with E-state index < -0.39 is 35.8 Å². The Bertz CT molecular complexity index is 899. The molecular formula is C18H24N2O2Si2Ti. The second-order valence-electron chi connectivity index (χ2n) is 8.58. The molecule has 7 heteroatoms. The monoisotopic (exact) mass is 404 g/mol. The molecule has 0 radical (unpaired) electrons. The minimum atomic E-state index is -1.87. The normalized spacial score (nSPS) is 15.1. The molecule has 3 rings (SSSR count). The Morgan fingerprint density at radius 1 is 0.720 bits per heavy atom. The summed E-state index contributed by atoms with van der Waals surface area (Å²) in [4.78, 5) is 25.9. The van der Waals surface area contributed by atoms with Crippen LogP contribution in [0.2, 0.25) is 39.3 Å². The number of carbonyl (C=O) groups excluding carboxylic acids is 2. The Labute approximate surface area is 160 Å². The van der Waals surface area contributed by atoms with Gasteiger partial charge in [-0.05, 0) is 0 Å². The fourth-order valence-corrected chi connectivity index (χ4v) is 10.6. The van der Waals surface area contributed by atoms with Crippen LogP contribution < -0.4 is 18.0 Å². The molecule has 2 aromatic carbocycles. The third kappa shape index (κ3) is 3.16. The summed E-state index contributed by atoms with van der Waals surface area (Å²) >= 11 is -0.999. The van der Waals surface area contributed by atoms with Crippen LogP contribution in [0.5, 0.6) is 0 Å². The molecule has 1 aliphatic heterocycles. The van der Waals surface area contributed by atoms with Gasteiger partial charge in [-0.3, -0.25) is 0 Å². The molecule has 0 saturated heterocycles. The quantitative estimate of drug-likeness (QED) is 0.755. The van der Waals surface area contributed by atoms with Gasteiger partial charge in [-0.15, -0.1) is 0 Å². The maximum atomic E-state index is 13.0. The number of carbonyl (C=O) groups is 2. The predicted octanol–water partition coefficient (Wildman–Crippen LogP) is 2.32. The molecular weight excluding hydrogens is 380 g/mol. The standard InChI is InChI=1S/C18H26N2O2Si2.Ti/c1-23(2,3)15-12-10-8-7-9-11(12)13(17(19)21)14(18(20)22)16(15)24(4,5)6;/h7-10H,1-6H3,(H4,19,20,21,22);/q;+2/p-2. The van der Waals surface area contributed by atoms with Crippen LogP contribution in [-0.2, 0) is 19.7 Å². The second kappa shape index (κ2) is 6.19. The molecule has 1 heterocycles. The predicted molar refractivity (Wildman–Crippen MR) is 105 cm³/mol. The van der Waals surface area contributed by atoms with Crippen molar-refractivity contribution in [3.05, 3.63) is 35.4 Å². The van der Waals surface area contributed by atoms with Gasteiger partial charge in [0.15, 0.2) is 0 Å². The van der Waals surface area contributed by atoms with Crippen LogP contribution in [0.25, 0.3) is 10.8 Å². The number of hydrogen-bond acceptors (Lipinski definition) is 2. The van der Waals surface area contributed by atoms with E-state index in [0.29, 0.717) is 11.1 Å². The van der Waals surface area contributed by atoms with Gasteiger partial charge in [0.2, 0.25) is 0 Å². The molecule has 0 spiro atoms. The molecule has 0 unspecified atom stereocenters. The van der Waals surface area contributed by atoms with Gasteiger partial charge in [-0.1, -0.05) is 0 Å². The van der Waals surface area contributed by atoms with Gasteiger partial charge in [-0.25, -0.2) is 0 Å². The Morgan fingerprint density at radius 2 is 1.20 bits per heavy atom. The van der Waals surface area contributed by atoms with E-state index in [1.54, 1.807) is 0 Å². The number of nitrogens with one attached hydrogen (secondary N) is 2. The third-order valence-corrected chi connectivity index (χ3v) is 9.89. The van der Waals surface area contributed by atoms with E-state index in [9.17, 15) is 9.59 Å². The van der Waals surface area contributed by atoms with Gasteiger partial charge >= 0.3 is 161 Å². The van der Waals surface area contributed by atoms with Crippen LogP contribution in [0.3, 0.4) is 0 Å². The van der Waals surface area contributed by atoms with Gasteiger partial charge < -0.3 is 0 Å². The molecule has 130 valence electrons.